The highest BCUT2D eigenvalue weighted by atomic mass is 16.3. The van der Waals surface area contributed by atoms with Gasteiger partial charge in [0.25, 0.3) is 0 Å². The Labute approximate surface area is 69.9 Å². The molecule has 0 aliphatic rings. The van der Waals surface area contributed by atoms with E-state index in [1.807, 2.05) is 0 Å². The maximum Gasteiger partial charge on any atom is 0.121 e. The molecule has 0 spiro atoms. The molecule has 0 heterocycles. The Hall–Kier alpha value is -1.26. The molecule has 0 fully saturated rings. The lowest BCUT2D eigenvalue weighted by molar-refractivity contribution is 0.182. The number of aromatic hydroxyl groups is 2. The number of nitrogens with two attached hydrogens (primary N) is 1. The van der Waals surface area contributed by atoms with Gasteiger partial charge in [-0.2, -0.15) is 0 Å². The third-order valence-electron chi connectivity index (χ3n) is 1.59. The second-order valence-corrected chi connectivity index (χ2v) is 2.49. The Morgan fingerprint density at radius 2 is 2.00 bits per heavy atom. The van der Waals surface area contributed by atoms with Crippen molar-refractivity contribution in [3.05, 3.63) is 23.8 Å². The number of aliphatic hydroxyl groups excluding tert-OH is 1. The number of benzene rings is 1. The smallest absolute Gasteiger partial charge is 0.121 e. The van der Waals surface area contributed by atoms with Crippen LogP contribution in [0.15, 0.2) is 18.2 Å². The van der Waals surface area contributed by atoms with Crippen LogP contribution in [0.3, 0.4) is 0 Å². The first-order valence-corrected chi connectivity index (χ1v) is 3.55. The largest absolute Gasteiger partial charge is 0.508 e. The van der Waals surface area contributed by atoms with Crippen LogP contribution >= 0.6 is 0 Å². The second kappa shape index (κ2) is 3.42. The first-order chi connectivity index (χ1) is 5.65. The van der Waals surface area contributed by atoms with Crippen molar-refractivity contribution < 1.29 is 15.3 Å². The van der Waals surface area contributed by atoms with Crippen molar-refractivity contribution in [1.82, 2.24) is 0 Å². The van der Waals surface area contributed by atoms with Crippen molar-refractivity contribution in [3.8, 4) is 11.5 Å². The van der Waals surface area contributed by atoms with E-state index < -0.39 is 6.10 Å². The van der Waals surface area contributed by atoms with E-state index in [4.69, 9.17) is 10.8 Å². The maximum atomic E-state index is 9.24. The number of hydrogen-bond acceptors (Lipinski definition) is 4. The number of aliphatic hydroxyl groups is 1. The van der Waals surface area contributed by atoms with Gasteiger partial charge in [-0.25, -0.2) is 0 Å². The molecule has 5 N–H and O–H groups in total. The molecule has 0 radical (unpaired) electrons. The molecule has 1 aromatic carbocycles. The van der Waals surface area contributed by atoms with E-state index in [-0.39, 0.29) is 23.6 Å². The van der Waals surface area contributed by atoms with Crippen LogP contribution in [0.5, 0.6) is 11.5 Å². The van der Waals surface area contributed by atoms with Crippen LogP contribution in [0, 0.1) is 0 Å². The molecular formula is C8H11NO3. The molecule has 66 valence electrons. The summed E-state index contributed by atoms with van der Waals surface area (Å²) in [6.07, 6.45) is -0.933. The normalized spacial score (nSPS) is 12.8. The second-order valence-electron chi connectivity index (χ2n) is 2.49. The van der Waals surface area contributed by atoms with E-state index in [0.29, 0.717) is 0 Å². The lowest BCUT2D eigenvalue weighted by atomic mass is 10.1. The lowest BCUT2D eigenvalue weighted by Gasteiger charge is -2.09. The van der Waals surface area contributed by atoms with Gasteiger partial charge in [-0.15, -0.1) is 0 Å². The van der Waals surface area contributed by atoms with Crippen molar-refractivity contribution in [2.75, 3.05) is 6.54 Å². The van der Waals surface area contributed by atoms with E-state index in [2.05, 4.69) is 0 Å². The highest BCUT2D eigenvalue weighted by Crippen LogP contribution is 2.26. The van der Waals surface area contributed by atoms with E-state index in [9.17, 15) is 10.2 Å². The summed E-state index contributed by atoms with van der Waals surface area (Å²) >= 11 is 0. The van der Waals surface area contributed by atoms with Gasteiger partial charge in [0, 0.05) is 12.1 Å². The third kappa shape index (κ3) is 1.66. The standard InChI is InChI=1S/C8H11NO3/c9-4-8(12)6-3-5(10)1-2-7(6)11/h1-3,8,10-12H,4,9H2/t8-/m1/s1. The van der Waals surface area contributed by atoms with Gasteiger partial charge in [-0.05, 0) is 18.2 Å². The predicted octanol–water partition coefficient (Wildman–Crippen LogP) is 0.0899. The molecule has 0 aliphatic carbocycles. The van der Waals surface area contributed by atoms with Crippen molar-refractivity contribution in [2.45, 2.75) is 6.10 Å². The van der Waals surface area contributed by atoms with Gasteiger partial charge in [0.15, 0.2) is 0 Å². The van der Waals surface area contributed by atoms with Crippen LogP contribution in [0.2, 0.25) is 0 Å². The molecule has 1 atom stereocenters. The Balaban J connectivity index is 3.04. The van der Waals surface area contributed by atoms with Crippen LogP contribution in [-0.4, -0.2) is 21.9 Å². The number of rotatable bonds is 2. The molecule has 0 saturated carbocycles. The van der Waals surface area contributed by atoms with Gasteiger partial charge in [0.2, 0.25) is 0 Å². The average Bonchev–Trinajstić information content (AvgIpc) is 2.08. The fraction of sp³-hybridized carbons (Fsp3) is 0.250. The highest BCUT2D eigenvalue weighted by Gasteiger charge is 2.10. The molecule has 0 unspecified atom stereocenters. The Morgan fingerprint density at radius 3 is 2.58 bits per heavy atom. The summed E-state index contributed by atoms with van der Waals surface area (Å²) < 4.78 is 0. The molecule has 0 saturated heterocycles. The Bertz CT molecular complexity index is 275. The molecule has 0 aromatic heterocycles. The third-order valence-corrected chi connectivity index (χ3v) is 1.59. The topological polar surface area (TPSA) is 86.7 Å². The Kier molecular flexibility index (Phi) is 2.52. The van der Waals surface area contributed by atoms with E-state index >= 15 is 0 Å². The van der Waals surface area contributed by atoms with Crippen LogP contribution < -0.4 is 5.73 Å². The highest BCUT2D eigenvalue weighted by molar-refractivity contribution is 5.40. The summed E-state index contributed by atoms with van der Waals surface area (Å²) in [7, 11) is 0. The van der Waals surface area contributed by atoms with Gasteiger partial charge in [0.05, 0.1) is 6.10 Å². The van der Waals surface area contributed by atoms with Gasteiger partial charge in [-0.3, -0.25) is 0 Å². The maximum absolute atomic E-state index is 9.24. The minimum absolute atomic E-state index is 0.00435. The van der Waals surface area contributed by atoms with Gasteiger partial charge in [-0.1, -0.05) is 0 Å². The molecule has 0 aliphatic heterocycles. The molecular weight excluding hydrogens is 158 g/mol. The lowest BCUT2D eigenvalue weighted by Crippen LogP contribution is -2.11. The molecule has 0 amide bonds. The minimum atomic E-state index is -0.933. The van der Waals surface area contributed by atoms with Crippen LogP contribution in [0.4, 0.5) is 0 Å². The summed E-state index contributed by atoms with van der Waals surface area (Å²) in [4.78, 5) is 0. The zero-order valence-corrected chi connectivity index (χ0v) is 6.44. The molecule has 1 rings (SSSR count). The molecule has 4 nitrogen and oxygen atoms in total. The number of phenolic OH excluding ortho intramolecular Hbond substituents is 2. The fourth-order valence-electron chi connectivity index (χ4n) is 0.936. The fourth-order valence-corrected chi connectivity index (χ4v) is 0.936. The number of phenols is 2. The van der Waals surface area contributed by atoms with Crippen LogP contribution in [0.1, 0.15) is 11.7 Å². The molecule has 0 bridgehead atoms. The van der Waals surface area contributed by atoms with Crippen molar-refractivity contribution in [2.24, 2.45) is 5.73 Å². The minimum Gasteiger partial charge on any atom is -0.508 e. The van der Waals surface area contributed by atoms with Crippen molar-refractivity contribution in [3.63, 3.8) is 0 Å². The first kappa shape index (κ1) is 8.83. The summed E-state index contributed by atoms with van der Waals surface area (Å²) in [6, 6.07) is 3.93. The van der Waals surface area contributed by atoms with Crippen LogP contribution in [0.25, 0.3) is 0 Å². The summed E-state index contributed by atoms with van der Waals surface area (Å²) in [5.41, 5.74) is 5.43. The monoisotopic (exact) mass is 169 g/mol. The van der Waals surface area contributed by atoms with Crippen LogP contribution in [-0.2, 0) is 0 Å². The van der Waals surface area contributed by atoms with Gasteiger partial charge in [0.1, 0.15) is 11.5 Å². The zero-order valence-electron chi connectivity index (χ0n) is 6.44. The van der Waals surface area contributed by atoms with Gasteiger partial charge < -0.3 is 21.1 Å². The molecule has 12 heavy (non-hydrogen) atoms. The zero-order chi connectivity index (χ0) is 9.14. The summed E-state index contributed by atoms with van der Waals surface area (Å²) in [6.45, 7) is 0.0109. The van der Waals surface area contributed by atoms with Gasteiger partial charge >= 0.3 is 0 Å². The first-order valence-electron chi connectivity index (χ1n) is 3.55. The quantitative estimate of drug-likeness (QED) is 0.472. The SMILES string of the molecule is NC[C@@H](O)c1cc(O)ccc1O. The summed E-state index contributed by atoms with van der Waals surface area (Å²) in [5, 5.41) is 27.5. The number of hydrogen-bond donors (Lipinski definition) is 4. The molecule has 1 aromatic rings. The Morgan fingerprint density at radius 1 is 1.33 bits per heavy atom. The van der Waals surface area contributed by atoms with Crippen molar-refractivity contribution >= 4 is 0 Å². The van der Waals surface area contributed by atoms with E-state index in [1.54, 1.807) is 0 Å². The van der Waals surface area contributed by atoms with E-state index in [0.717, 1.165) is 0 Å². The average molecular weight is 169 g/mol. The van der Waals surface area contributed by atoms with E-state index in [1.165, 1.54) is 18.2 Å². The predicted molar refractivity (Wildman–Crippen MR) is 43.8 cm³/mol. The van der Waals surface area contributed by atoms with Crippen molar-refractivity contribution in [1.29, 1.82) is 0 Å². The summed E-state index contributed by atoms with van der Waals surface area (Å²) in [5.74, 6) is -0.0685. The molecule has 4 heteroatoms.